The van der Waals surface area contributed by atoms with Crippen LogP contribution in [0, 0.1) is 10.8 Å². The predicted octanol–water partition coefficient (Wildman–Crippen LogP) is 10.7. The number of benzene rings is 3. The topological polar surface area (TPSA) is 56.3 Å². The second-order valence-corrected chi connectivity index (χ2v) is 7.48. The summed E-state index contributed by atoms with van der Waals surface area (Å²) < 4.78 is 78.0. The third-order valence-electron chi connectivity index (χ3n) is 4.33. The molecule has 0 aliphatic heterocycles. The van der Waals surface area contributed by atoms with Gasteiger partial charge in [0, 0.05) is 24.3 Å². The van der Waals surface area contributed by atoms with Crippen LogP contribution in [0.2, 0.25) is 0 Å². The van der Waals surface area contributed by atoms with Crippen molar-refractivity contribution in [2.24, 2.45) is 0 Å². The Morgan fingerprint density at radius 3 is 0.750 bits per heavy atom. The minimum absolute atomic E-state index is 0.542. The van der Waals surface area contributed by atoms with E-state index < -0.39 is 14.5 Å². The van der Waals surface area contributed by atoms with Crippen molar-refractivity contribution in [1.82, 2.24) is 0 Å². The van der Waals surface area contributed by atoms with Crippen LogP contribution in [-0.2, 0) is 0 Å². The summed E-state index contributed by atoms with van der Waals surface area (Å²) in [5.41, 5.74) is 5.41. The molecular weight excluding hydrogens is 542 g/mol. The smallest absolute Gasteiger partial charge is 0.418 e. The molecule has 3 aromatic rings. The van der Waals surface area contributed by atoms with Gasteiger partial charge in [-0.05, 0) is 46.5 Å². The SMILES string of the molecule is F[B-](F)(F)F.F[B-](F)(F)F.N#[N+]c1ccc(/C=C/C=C/c2ccc(/C=C/C=C/c3ccc([N+]#N)cc3)cc2)cc1. The maximum atomic E-state index is 9.75. The van der Waals surface area contributed by atoms with Gasteiger partial charge in [-0.15, -0.1) is 0 Å². The highest BCUT2D eigenvalue weighted by Crippen LogP contribution is 2.15. The van der Waals surface area contributed by atoms with Gasteiger partial charge < -0.3 is 34.5 Å². The molecule has 0 atom stereocenters. The molecule has 0 unspecified atom stereocenters. The van der Waals surface area contributed by atoms with E-state index in [0.29, 0.717) is 11.4 Å². The Labute approximate surface area is 225 Å². The van der Waals surface area contributed by atoms with Crippen LogP contribution in [0.1, 0.15) is 22.3 Å². The summed E-state index contributed by atoms with van der Waals surface area (Å²) in [5, 5.41) is 17.4. The molecule has 3 aromatic carbocycles. The molecule has 14 heteroatoms. The average molecular weight is 562 g/mol. The molecule has 0 spiro atoms. The molecule has 0 saturated heterocycles. The molecule has 0 bridgehead atoms. The molecule has 0 N–H and O–H groups in total. The molecule has 0 saturated carbocycles. The van der Waals surface area contributed by atoms with Crippen LogP contribution in [0.3, 0.4) is 0 Å². The summed E-state index contributed by atoms with van der Waals surface area (Å²) in [6.45, 7) is 0. The Bertz CT molecular complexity index is 1260. The molecule has 4 nitrogen and oxygen atoms in total. The number of nitrogens with zero attached hydrogens (tertiary/aromatic N) is 4. The molecule has 0 aromatic heterocycles. The predicted molar refractivity (Wildman–Crippen MR) is 145 cm³/mol. The van der Waals surface area contributed by atoms with E-state index in [9.17, 15) is 34.5 Å². The van der Waals surface area contributed by atoms with Crippen molar-refractivity contribution in [2.75, 3.05) is 0 Å². The third-order valence-corrected chi connectivity index (χ3v) is 4.33. The van der Waals surface area contributed by atoms with Gasteiger partial charge in [-0.25, -0.2) is 0 Å². The fourth-order valence-electron chi connectivity index (χ4n) is 2.69. The Morgan fingerprint density at radius 2 is 0.575 bits per heavy atom. The van der Waals surface area contributed by atoms with Gasteiger partial charge >= 0.3 is 25.9 Å². The van der Waals surface area contributed by atoms with Crippen molar-refractivity contribution < 1.29 is 34.5 Å². The van der Waals surface area contributed by atoms with Gasteiger partial charge in [-0.2, -0.15) is 0 Å². The minimum Gasteiger partial charge on any atom is -0.418 e. The first kappa shape index (κ1) is 33.1. The van der Waals surface area contributed by atoms with E-state index in [1.807, 2.05) is 72.9 Å². The quantitative estimate of drug-likeness (QED) is 0.130. The second kappa shape index (κ2) is 16.8. The van der Waals surface area contributed by atoms with Crippen LogP contribution in [0.4, 0.5) is 45.9 Å². The minimum atomic E-state index is -6.00. The first-order valence-electron chi connectivity index (χ1n) is 11.2. The summed E-state index contributed by atoms with van der Waals surface area (Å²) in [4.78, 5) is 6.28. The van der Waals surface area contributed by atoms with Crippen LogP contribution in [-0.4, -0.2) is 14.5 Å². The van der Waals surface area contributed by atoms with Crippen molar-refractivity contribution in [3.05, 3.63) is 129 Å². The lowest BCUT2D eigenvalue weighted by Gasteiger charge is -1.95. The number of diazo groups is 2. The highest BCUT2D eigenvalue weighted by atomic mass is 19.5. The van der Waals surface area contributed by atoms with Gasteiger partial charge in [0.2, 0.25) is 10.8 Å². The van der Waals surface area contributed by atoms with Crippen LogP contribution in [0.15, 0.2) is 97.1 Å². The molecule has 0 aliphatic rings. The van der Waals surface area contributed by atoms with Gasteiger partial charge in [-0.3, -0.25) is 0 Å². The lowest BCUT2D eigenvalue weighted by Crippen LogP contribution is -2.02. The first-order chi connectivity index (χ1) is 18.8. The monoisotopic (exact) mass is 562 g/mol. The van der Waals surface area contributed by atoms with Gasteiger partial charge in [-0.1, -0.05) is 72.9 Å². The highest BCUT2D eigenvalue weighted by Gasteiger charge is 2.21. The van der Waals surface area contributed by atoms with Gasteiger partial charge in [0.1, 0.15) is 0 Å². The number of halogens is 8. The number of rotatable bonds is 6. The zero-order chi connectivity index (χ0) is 30.0. The van der Waals surface area contributed by atoms with Crippen molar-refractivity contribution in [3.63, 3.8) is 0 Å². The van der Waals surface area contributed by atoms with Gasteiger partial charge in [0.15, 0.2) is 9.95 Å². The summed E-state index contributed by atoms with van der Waals surface area (Å²) in [6, 6.07) is 22.9. The highest BCUT2D eigenvalue weighted by molar-refractivity contribution is 6.50. The standard InChI is InChI=1S/C26H20N4.2BF4/c27-29-25-17-13-23(14-18-25)7-3-1-5-21-9-11-22(12-10-21)6-2-4-8-24-15-19-26(30-28)20-16-24;2*2-1(3,4)5/h1-20H;;/q+2;2*-1/b5-1+,6-2+,7-3+,8-4+;;. The number of hydrogen-bond donors (Lipinski definition) is 0. The Kier molecular flexibility index (Phi) is 13.9. The number of hydrogen-bond acceptors (Lipinski definition) is 2. The average Bonchev–Trinajstić information content (AvgIpc) is 2.89. The van der Waals surface area contributed by atoms with Crippen molar-refractivity contribution >= 4 is 50.2 Å². The lowest BCUT2D eigenvalue weighted by molar-refractivity contribution is 0.366. The van der Waals surface area contributed by atoms with E-state index in [1.54, 1.807) is 24.3 Å². The third kappa shape index (κ3) is 18.3. The zero-order valence-corrected chi connectivity index (χ0v) is 20.5. The van der Waals surface area contributed by atoms with Crippen LogP contribution in [0.5, 0.6) is 0 Å². The summed E-state index contributed by atoms with van der Waals surface area (Å²) >= 11 is 0. The lowest BCUT2D eigenvalue weighted by atomic mass is 10.1. The Balaban J connectivity index is 0.000000686. The normalized spacial score (nSPS) is 11.6. The van der Waals surface area contributed by atoms with Crippen LogP contribution < -0.4 is 0 Å². The molecular formula is C26H20B2F8N4. The van der Waals surface area contributed by atoms with E-state index in [1.165, 1.54) is 0 Å². The molecule has 0 aliphatic carbocycles. The zero-order valence-electron chi connectivity index (χ0n) is 20.5. The van der Waals surface area contributed by atoms with Crippen molar-refractivity contribution in [2.45, 2.75) is 0 Å². The molecule has 0 amide bonds. The fourth-order valence-corrected chi connectivity index (χ4v) is 2.69. The molecule has 0 fully saturated rings. The molecule has 206 valence electrons. The van der Waals surface area contributed by atoms with Crippen molar-refractivity contribution in [3.8, 4) is 0 Å². The van der Waals surface area contributed by atoms with E-state index >= 15 is 0 Å². The molecule has 0 heterocycles. The van der Waals surface area contributed by atoms with Gasteiger partial charge in [0.05, 0.1) is 0 Å². The first-order valence-corrected chi connectivity index (χ1v) is 11.2. The maximum absolute atomic E-state index is 9.75. The molecule has 0 radical (unpaired) electrons. The second-order valence-electron chi connectivity index (χ2n) is 7.48. The largest absolute Gasteiger partial charge is 0.673 e. The Hall–Kier alpha value is -4.97. The number of allylic oxidation sites excluding steroid dienone is 4. The van der Waals surface area contributed by atoms with E-state index in [2.05, 4.69) is 34.2 Å². The Morgan fingerprint density at radius 1 is 0.400 bits per heavy atom. The van der Waals surface area contributed by atoms with Crippen LogP contribution in [0.25, 0.3) is 34.3 Å². The van der Waals surface area contributed by atoms with Crippen LogP contribution >= 0.6 is 0 Å². The van der Waals surface area contributed by atoms with E-state index in [-0.39, 0.29) is 0 Å². The van der Waals surface area contributed by atoms with Gasteiger partial charge in [0.25, 0.3) is 0 Å². The van der Waals surface area contributed by atoms with Crippen molar-refractivity contribution in [1.29, 1.82) is 10.8 Å². The van der Waals surface area contributed by atoms with E-state index in [0.717, 1.165) is 22.3 Å². The molecule has 40 heavy (non-hydrogen) atoms. The summed E-state index contributed by atoms with van der Waals surface area (Å²) in [5.74, 6) is 0. The fraction of sp³-hybridized carbons (Fsp3) is 0. The maximum Gasteiger partial charge on any atom is 0.673 e. The molecule has 3 rings (SSSR count). The van der Waals surface area contributed by atoms with E-state index in [4.69, 9.17) is 10.8 Å². The summed E-state index contributed by atoms with van der Waals surface area (Å²) in [6.07, 6.45) is 16.0. The summed E-state index contributed by atoms with van der Waals surface area (Å²) in [7, 11) is -12.0.